The highest BCUT2D eigenvalue weighted by molar-refractivity contribution is 7.99. The minimum atomic E-state index is -1.02. The molecule has 1 N–H and O–H groups in total. The number of carbonyl (C=O) groups is 2. The number of aliphatic carboxylic acids is 1. The Morgan fingerprint density at radius 3 is 2.55 bits per heavy atom. The van der Waals surface area contributed by atoms with Crippen molar-refractivity contribution in [1.29, 1.82) is 0 Å². The van der Waals surface area contributed by atoms with E-state index in [2.05, 4.69) is 15.5 Å². The lowest BCUT2D eigenvalue weighted by Gasteiger charge is -2.19. The molecule has 0 radical (unpaired) electrons. The maximum atomic E-state index is 12.1. The van der Waals surface area contributed by atoms with Crippen molar-refractivity contribution in [3.05, 3.63) is 0 Å². The first-order valence-corrected chi connectivity index (χ1v) is 7.54. The molecule has 1 amide bonds. The Kier molecular flexibility index (Phi) is 5.33. The normalized spacial score (nSPS) is 15.9. The molecular formula is C11H17N5O3S. The van der Waals surface area contributed by atoms with E-state index in [0.29, 0.717) is 5.16 Å². The second kappa shape index (κ2) is 7.22. The number of nitrogens with zero attached hydrogens (tertiary/aromatic N) is 5. The lowest BCUT2D eigenvalue weighted by atomic mass is 10.2. The molecule has 1 aliphatic rings. The highest BCUT2D eigenvalue weighted by Crippen LogP contribution is 2.16. The van der Waals surface area contributed by atoms with Gasteiger partial charge in [-0.25, -0.2) is 4.68 Å². The molecule has 2 heterocycles. The minimum absolute atomic E-state index is 0.0572. The van der Waals surface area contributed by atoms with E-state index in [1.165, 1.54) is 29.3 Å². The molecule has 1 saturated heterocycles. The maximum Gasteiger partial charge on any atom is 0.325 e. The zero-order valence-corrected chi connectivity index (χ0v) is 11.9. The number of carboxylic acid groups (broad SMARTS) is 1. The molecule has 1 aromatic rings. The van der Waals surface area contributed by atoms with E-state index < -0.39 is 5.97 Å². The fourth-order valence-electron chi connectivity index (χ4n) is 2.06. The summed E-state index contributed by atoms with van der Waals surface area (Å²) in [6, 6.07) is 0. The second-order valence-corrected chi connectivity index (χ2v) is 5.54. The third-order valence-corrected chi connectivity index (χ3v) is 4.01. The summed E-state index contributed by atoms with van der Waals surface area (Å²) < 4.78 is 1.18. The van der Waals surface area contributed by atoms with Crippen LogP contribution in [0.4, 0.5) is 0 Å². The zero-order chi connectivity index (χ0) is 14.4. The van der Waals surface area contributed by atoms with Gasteiger partial charge in [0.25, 0.3) is 0 Å². The summed E-state index contributed by atoms with van der Waals surface area (Å²) in [6.07, 6.45) is 4.45. The Morgan fingerprint density at radius 1 is 1.20 bits per heavy atom. The van der Waals surface area contributed by atoms with Gasteiger partial charge in [-0.05, 0) is 23.3 Å². The summed E-state index contributed by atoms with van der Waals surface area (Å²) in [6.45, 7) is 1.31. The highest BCUT2D eigenvalue weighted by Gasteiger charge is 2.17. The van der Waals surface area contributed by atoms with Gasteiger partial charge < -0.3 is 10.0 Å². The Balaban J connectivity index is 1.86. The molecule has 0 aliphatic carbocycles. The van der Waals surface area contributed by atoms with Gasteiger partial charge in [-0.1, -0.05) is 24.6 Å². The van der Waals surface area contributed by atoms with Crippen molar-refractivity contribution >= 4 is 23.6 Å². The van der Waals surface area contributed by atoms with Gasteiger partial charge >= 0.3 is 5.97 Å². The fraction of sp³-hybridized carbons (Fsp3) is 0.727. The van der Waals surface area contributed by atoms with Crippen molar-refractivity contribution in [3.8, 4) is 0 Å². The smallest absolute Gasteiger partial charge is 0.325 e. The third-order valence-electron chi connectivity index (χ3n) is 3.07. The molecule has 0 bridgehead atoms. The maximum absolute atomic E-state index is 12.1. The van der Waals surface area contributed by atoms with Gasteiger partial charge in [0.1, 0.15) is 6.54 Å². The first-order valence-electron chi connectivity index (χ1n) is 6.55. The van der Waals surface area contributed by atoms with Crippen molar-refractivity contribution in [1.82, 2.24) is 25.1 Å². The van der Waals surface area contributed by atoms with Gasteiger partial charge in [0.2, 0.25) is 11.1 Å². The highest BCUT2D eigenvalue weighted by atomic mass is 32.2. The van der Waals surface area contributed by atoms with Crippen LogP contribution in [0, 0.1) is 0 Å². The van der Waals surface area contributed by atoms with Crippen molar-refractivity contribution in [3.63, 3.8) is 0 Å². The van der Waals surface area contributed by atoms with E-state index in [4.69, 9.17) is 5.11 Å². The van der Waals surface area contributed by atoms with Gasteiger partial charge in [-0.2, -0.15) is 0 Å². The SMILES string of the molecule is O=C(O)Cn1nnnc1SCC(=O)N1CCCCCC1. The fourth-order valence-corrected chi connectivity index (χ4v) is 2.84. The van der Waals surface area contributed by atoms with E-state index in [1.54, 1.807) is 0 Å². The number of aromatic nitrogens is 4. The van der Waals surface area contributed by atoms with Crippen molar-refractivity contribution in [2.24, 2.45) is 0 Å². The third kappa shape index (κ3) is 4.19. The summed E-state index contributed by atoms with van der Waals surface area (Å²) in [5, 5.41) is 19.8. The average Bonchev–Trinajstić information content (AvgIpc) is 2.67. The van der Waals surface area contributed by atoms with Crippen LogP contribution in [-0.4, -0.2) is 60.9 Å². The molecule has 1 aliphatic heterocycles. The molecule has 8 nitrogen and oxygen atoms in total. The number of hydrogen-bond donors (Lipinski definition) is 1. The zero-order valence-electron chi connectivity index (χ0n) is 11.1. The van der Waals surface area contributed by atoms with Crippen LogP contribution >= 0.6 is 11.8 Å². The molecular weight excluding hydrogens is 282 g/mol. The van der Waals surface area contributed by atoms with E-state index in [1.807, 2.05) is 4.90 Å². The second-order valence-electron chi connectivity index (χ2n) is 4.60. The predicted molar refractivity (Wildman–Crippen MR) is 71.2 cm³/mol. The van der Waals surface area contributed by atoms with E-state index in [-0.39, 0.29) is 18.2 Å². The lowest BCUT2D eigenvalue weighted by molar-refractivity contribution is -0.138. The largest absolute Gasteiger partial charge is 0.480 e. The molecule has 0 atom stereocenters. The van der Waals surface area contributed by atoms with Gasteiger partial charge in [0.05, 0.1) is 5.75 Å². The standard InChI is InChI=1S/C11H17N5O3S/c17-9(15-5-3-1-2-4-6-15)8-20-11-12-13-14-16(11)7-10(18)19/h1-8H2,(H,18,19). The van der Waals surface area contributed by atoms with Gasteiger partial charge in [0.15, 0.2) is 0 Å². The van der Waals surface area contributed by atoms with Crippen LogP contribution < -0.4 is 0 Å². The Hall–Kier alpha value is -1.64. The Labute approximate surface area is 120 Å². The quantitative estimate of drug-likeness (QED) is 0.778. The van der Waals surface area contributed by atoms with Crippen LogP contribution in [0.3, 0.4) is 0 Å². The minimum Gasteiger partial charge on any atom is -0.480 e. The molecule has 0 spiro atoms. The number of carboxylic acids is 1. The average molecular weight is 299 g/mol. The summed E-state index contributed by atoms with van der Waals surface area (Å²) in [5.74, 6) is -0.722. The summed E-state index contributed by atoms with van der Waals surface area (Å²) in [4.78, 5) is 24.6. The molecule has 20 heavy (non-hydrogen) atoms. The summed E-state index contributed by atoms with van der Waals surface area (Å²) in [7, 11) is 0. The first kappa shape index (κ1) is 14.8. The molecule has 0 aromatic carbocycles. The number of rotatable bonds is 5. The molecule has 110 valence electrons. The number of tetrazole rings is 1. The van der Waals surface area contributed by atoms with Crippen molar-refractivity contribution in [2.45, 2.75) is 37.4 Å². The number of hydrogen-bond acceptors (Lipinski definition) is 6. The van der Waals surface area contributed by atoms with Gasteiger partial charge in [0, 0.05) is 13.1 Å². The van der Waals surface area contributed by atoms with E-state index in [9.17, 15) is 9.59 Å². The van der Waals surface area contributed by atoms with Crippen LogP contribution in [-0.2, 0) is 16.1 Å². The summed E-state index contributed by atoms with van der Waals surface area (Å²) in [5.41, 5.74) is 0. The Morgan fingerprint density at radius 2 is 1.90 bits per heavy atom. The molecule has 1 aromatic heterocycles. The van der Waals surface area contributed by atoms with Crippen LogP contribution in [0.1, 0.15) is 25.7 Å². The van der Waals surface area contributed by atoms with Crippen molar-refractivity contribution < 1.29 is 14.7 Å². The number of thioether (sulfide) groups is 1. The Bertz CT molecular complexity index is 470. The van der Waals surface area contributed by atoms with Crippen LogP contribution in [0.2, 0.25) is 0 Å². The van der Waals surface area contributed by atoms with Crippen molar-refractivity contribution in [2.75, 3.05) is 18.8 Å². The van der Waals surface area contributed by atoms with E-state index >= 15 is 0 Å². The molecule has 0 saturated carbocycles. The first-order chi connectivity index (χ1) is 9.66. The van der Waals surface area contributed by atoms with Crippen LogP contribution in [0.25, 0.3) is 0 Å². The van der Waals surface area contributed by atoms with Gasteiger partial charge in [-0.3, -0.25) is 9.59 Å². The molecule has 2 rings (SSSR count). The molecule has 0 unspecified atom stereocenters. The number of carbonyl (C=O) groups excluding carboxylic acids is 1. The molecule has 1 fully saturated rings. The monoisotopic (exact) mass is 299 g/mol. The summed E-state index contributed by atoms with van der Waals surface area (Å²) >= 11 is 1.18. The van der Waals surface area contributed by atoms with Crippen LogP contribution in [0.5, 0.6) is 0 Å². The van der Waals surface area contributed by atoms with Crippen LogP contribution in [0.15, 0.2) is 5.16 Å². The predicted octanol–water partition coefficient (Wildman–Crippen LogP) is 0.252. The van der Waals surface area contributed by atoms with Gasteiger partial charge in [-0.15, -0.1) is 5.10 Å². The molecule has 9 heteroatoms. The number of likely N-dealkylation sites (tertiary alicyclic amines) is 1. The van der Waals surface area contributed by atoms with E-state index in [0.717, 1.165) is 25.9 Å². The topological polar surface area (TPSA) is 101 Å². The number of amides is 1. The lowest BCUT2D eigenvalue weighted by Crippen LogP contribution is -2.33.